The van der Waals surface area contributed by atoms with E-state index in [4.69, 9.17) is 4.74 Å². The Labute approximate surface area is 159 Å². The molecule has 148 valence electrons. The molecule has 1 saturated heterocycles. The van der Waals surface area contributed by atoms with Crippen molar-refractivity contribution in [2.45, 2.75) is 51.0 Å². The van der Waals surface area contributed by atoms with Crippen molar-refractivity contribution in [3.63, 3.8) is 0 Å². The quantitative estimate of drug-likeness (QED) is 0.356. The highest BCUT2D eigenvalue weighted by Crippen LogP contribution is 2.48. The van der Waals surface area contributed by atoms with Gasteiger partial charge in [-0.05, 0) is 49.5 Å². The minimum absolute atomic E-state index is 0.0284. The molecule has 7 nitrogen and oxygen atoms in total. The van der Waals surface area contributed by atoms with Gasteiger partial charge in [-0.25, -0.2) is 0 Å². The fraction of sp³-hybridized carbons (Fsp3) is 0.650. The smallest absolute Gasteiger partial charge is 0.294 e. The summed E-state index contributed by atoms with van der Waals surface area (Å²) in [7, 11) is 0. The molecule has 1 heterocycles. The lowest BCUT2D eigenvalue weighted by molar-refractivity contribution is -0.757. The first-order chi connectivity index (χ1) is 13.1. The van der Waals surface area contributed by atoms with Gasteiger partial charge in [0.25, 0.3) is 5.09 Å². The van der Waals surface area contributed by atoms with E-state index in [1.54, 1.807) is 0 Å². The molecule has 2 fully saturated rings. The van der Waals surface area contributed by atoms with Crippen LogP contribution in [0.1, 0.15) is 44.1 Å². The van der Waals surface area contributed by atoms with E-state index in [1.165, 1.54) is 18.4 Å². The molecule has 1 unspecified atom stereocenters. The van der Waals surface area contributed by atoms with Crippen molar-refractivity contribution in [3.05, 3.63) is 46.0 Å². The third kappa shape index (κ3) is 6.20. The van der Waals surface area contributed by atoms with Crippen LogP contribution in [0, 0.1) is 15.5 Å². The van der Waals surface area contributed by atoms with Crippen molar-refractivity contribution < 1.29 is 19.5 Å². The predicted molar refractivity (Wildman–Crippen MR) is 99.5 cm³/mol. The number of likely N-dealkylation sites (tertiary alicyclic amines) is 1. The predicted octanol–water partition coefficient (Wildman–Crippen LogP) is 3.01. The molecule has 1 aromatic carbocycles. The number of carbonyl (C=O) groups is 1. The Balaban J connectivity index is 1.39. The highest BCUT2D eigenvalue weighted by Gasteiger charge is 2.43. The molecule has 1 aliphatic heterocycles. The van der Waals surface area contributed by atoms with E-state index >= 15 is 0 Å². The fourth-order valence-corrected chi connectivity index (χ4v) is 3.69. The Morgan fingerprint density at radius 3 is 2.78 bits per heavy atom. The van der Waals surface area contributed by atoms with Crippen LogP contribution in [0.4, 0.5) is 0 Å². The molecule has 1 saturated carbocycles. The summed E-state index contributed by atoms with van der Waals surface area (Å²) in [6, 6.07) is 10.5. The third-order valence-electron chi connectivity index (χ3n) is 5.47. The van der Waals surface area contributed by atoms with E-state index < -0.39 is 5.09 Å². The maximum Gasteiger partial charge on any atom is 0.294 e. The van der Waals surface area contributed by atoms with E-state index in [0.29, 0.717) is 13.0 Å². The minimum Gasteiger partial charge on any atom is -0.376 e. The van der Waals surface area contributed by atoms with Gasteiger partial charge in [0.2, 0.25) is 5.91 Å². The Hall–Kier alpha value is -2.15. The second kappa shape index (κ2) is 9.17. The van der Waals surface area contributed by atoms with Crippen molar-refractivity contribution in [2.24, 2.45) is 5.41 Å². The molecule has 0 spiro atoms. The zero-order valence-corrected chi connectivity index (χ0v) is 15.7. The zero-order chi connectivity index (χ0) is 19.1. The number of hydrogen-bond donors (Lipinski definition) is 0. The normalized spacial score (nSPS) is 20.9. The van der Waals surface area contributed by atoms with Crippen molar-refractivity contribution in [2.75, 3.05) is 26.3 Å². The first-order valence-electron chi connectivity index (χ1n) is 9.77. The van der Waals surface area contributed by atoms with E-state index in [-0.39, 0.29) is 30.5 Å². The van der Waals surface area contributed by atoms with Crippen molar-refractivity contribution in [1.29, 1.82) is 0 Å². The molecule has 0 radical (unpaired) electrons. The van der Waals surface area contributed by atoms with Gasteiger partial charge in [0.1, 0.15) is 0 Å². The number of piperidine rings is 1. The van der Waals surface area contributed by atoms with Crippen molar-refractivity contribution in [3.8, 4) is 0 Å². The van der Waals surface area contributed by atoms with Gasteiger partial charge in [0, 0.05) is 19.5 Å². The second-order valence-corrected chi connectivity index (χ2v) is 7.74. The molecule has 1 atom stereocenters. The summed E-state index contributed by atoms with van der Waals surface area (Å²) in [6.45, 7) is 2.08. The fourth-order valence-electron chi connectivity index (χ4n) is 3.69. The summed E-state index contributed by atoms with van der Waals surface area (Å²) >= 11 is 0. The standard InChI is InChI=1S/C20H28N2O5/c23-19(9-5-13-27-22(24)25)21-12-4-8-18(15-21)26-16-20(10-11-20)14-17-6-2-1-3-7-17/h1-3,6-7,18H,4-5,8-16H2. The number of benzene rings is 1. The number of carbonyl (C=O) groups excluding carboxylic acids is 1. The van der Waals surface area contributed by atoms with Crippen LogP contribution in [-0.4, -0.2) is 48.3 Å². The van der Waals surface area contributed by atoms with Gasteiger partial charge in [-0.1, -0.05) is 30.3 Å². The van der Waals surface area contributed by atoms with Crippen LogP contribution >= 0.6 is 0 Å². The number of ether oxygens (including phenoxy) is 1. The van der Waals surface area contributed by atoms with Gasteiger partial charge < -0.3 is 14.5 Å². The monoisotopic (exact) mass is 376 g/mol. The molecule has 1 aliphatic carbocycles. The van der Waals surface area contributed by atoms with E-state index in [1.807, 2.05) is 11.0 Å². The van der Waals surface area contributed by atoms with E-state index in [2.05, 4.69) is 29.1 Å². The summed E-state index contributed by atoms with van der Waals surface area (Å²) in [4.78, 5) is 28.5. The molecule has 0 aromatic heterocycles. The number of amides is 1. The van der Waals surface area contributed by atoms with Gasteiger partial charge in [-0.15, -0.1) is 10.1 Å². The summed E-state index contributed by atoms with van der Waals surface area (Å²) in [5, 5.41) is 9.31. The summed E-state index contributed by atoms with van der Waals surface area (Å²) < 4.78 is 6.21. The third-order valence-corrected chi connectivity index (χ3v) is 5.47. The van der Waals surface area contributed by atoms with Crippen LogP contribution in [0.5, 0.6) is 0 Å². The van der Waals surface area contributed by atoms with Crippen molar-refractivity contribution in [1.82, 2.24) is 4.90 Å². The topological polar surface area (TPSA) is 81.9 Å². The average Bonchev–Trinajstić information content (AvgIpc) is 3.44. The maximum atomic E-state index is 12.3. The summed E-state index contributed by atoms with van der Waals surface area (Å²) in [5.41, 5.74) is 1.63. The Morgan fingerprint density at radius 1 is 1.30 bits per heavy atom. The number of nitrogens with zero attached hydrogens (tertiary/aromatic N) is 2. The van der Waals surface area contributed by atoms with Crippen LogP contribution in [0.25, 0.3) is 0 Å². The van der Waals surface area contributed by atoms with Gasteiger partial charge in [0.05, 0.1) is 19.3 Å². The van der Waals surface area contributed by atoms with Crippen LogP contribution in [0.3, 0.4) is 0 Å². The SMILES string of the molecule is O=C(CCCO[N+](=O)[O-])N1CCCC(OCC2(Cc3ccccc3)CC2)C1. The number of rotatable bonds is 10. The second-order valence-electron chi connectivity index (χ2n) is 7.74. The Morgan fingerprint density at radius 2 is 2.07 bits per heavy atom. The van der Waals surface area contributed by atoms with Gasteiger partial charge >= 0.3 is 0 Å². The summed E-state index contributed by atoms with van der Waals surface area (Å²) in [5.74, 6) is 0.0284. The first-order valence-corrected chi connectivity index (χ1v) is 9.77. The minimum atomic E-state index is -0.821. The molecular formula is C20H28N2O5. The average molecular weight is 376 g/mol. The lowest BCUT2D eigenvalue weighted by Gasteiger charge is -2.33. The molecular weight excluding hydrogens is 348 g/mol. The molecule has 0 bridgehead atoms. The lowest BCUT2D eigenvalue weighted by Crippen LogP contribution is -2.43. The van der Waals surface area contributed by atoms with Gasteiger partial charge in [-0.3, -0.25) is 4.79 Å². The first kappa shape index (κ1) is 19.6. The largest absolute Gasteiger partial charge is 0.376 e. The maximum absolute atomic E-state index is 12.3. The van der Waals surface area contributed by atoms with Crippen LogP contribution in [0.2, 0.25) is 0 Å². The molecule has 7 heteroatoms. The van der Waals surface area contributed by atoms with Crippen LogP contribution in [-0.2, 0) is 20.8 Å². The Kier molecular flexibility index (Phi) is 6.66. The zero-order valence-electron chi connectivity index (χ0n) is 15.7. The van der Waals surface area contributed by atoms with Crippen LogP contribution in [0.15, 0.2) is 30.3 Å². The Bertz CT molecular complexity index is 633. The molecule has 1 amide bonds. The lowest BCUT2D eigenvalue weighted by atomic mass is 9.97. The highest BCUT2D eigenvalue weighted by molar-refractivity contribution is 5.76. The van der Waals surface area contributed by atoms with Gasteiger partial charge in [-0.2, -0.15) is 0 Å². The molecule has 3 rings (SSSR count). The molecule has 1 aromatic rings. The number of hydrogen-bond acceptors (Lipinski definition) is 5. The van der Waals surface area contributed by atoms with E-state index in [0.717, 1.165) is 32.4 Å². The van der Waals surface area contributed by atoms with E-state index in [9.17, 15) is 14.9 Å². The molecule has 27 heavy (non-hydrogen) atoms. The molecule has 0 N–H and O–H groups in total. The summed E-state index contributed by atoms with van der Waals surface area (Å²) in [6.07, 6.45) is 6.11. The molecule has 2 aliphatic rings. The van der Waals surface area contributed by atoms with Crippen molar-refractivity contribution >= 4 is 5.91 Å². The van der Waals surface area contributed by atoms with Gasteiger partial charge in [0.15, 0.2) is 0 Å². The highest BCUT2D eigenvalue weighted by atomic mass is 16.9. The van der Waals surface area contributed by atoms with Crippen LogP contribution < -0.4 is 0 Å².